The highest BCUT2D eigenvalue weighted by atomic mass is 16.2. The van der Waals surface area contributed by atoms with Gasteiger partial charge in [-0.1, -0.05) is 45.0 Å². The number of benzene rings is 1. The number of carbonyl (C=O) groups excluding carboxylic acids is 3. The van der Waals surface area contributed by atoms with E-state index in [2.05, 4.69) is 36.4 Å². The molecule has 0 saturated carbocycles. The fourth-order valence-corrected chi connectivity index (χ4v) is 2.28. The van der Waals surface area contributed by atoms with Gasteiger partial charge in [0, 0.05) is 24.7 Å². The van der Waals surface area contributed by atoms with E-state index < -0.39 is 11.7 Å². The number of rotatable bonds is 6. The van der Waals surface area contributed by atoms with Crippen LogP contribution in [0.2, 0.25) is 0 Å². The second-order valence-electron chi connectivity index (χ2n) is 6.95. The number of carbonyl (C=O) groups is 3. The second-order valence-corrected chi connectivity index (χ2v) is 6.95. The van der Waals surface area contributed by atoms with Crippen LogP contribution >= 0.6 is 0 Å². The summed E-state index contributed by atoms with van der Waals surface area (Å²) >= 11 is 0. The third-order valence-corrected chi connectivity index (χ3v) is 3.80. The van der Waals surface area contributed by atoms with Crippen molar-refractivity contribution in [1.29, 1.82) is 0 Å². The minimum absolute atomic E-state index is 0.0223. The molecule has 2 rings (SSSR count). The van der Waals surface area contributed by atoms with E-state index in [0.717, 1.165) is 5.56 Å². The van der Waals surface area contributed by atoms with E-state index in [1.165, 1.54) is 6.20 Å². The van der Waals surface area contributed by atoms with Crippen molar-refractivity contribution in [3.05, 3.63) is 59.9 Å². The summed E-state index contributed by atoms with van der Waals surface area (Å²) in [5.41, 5.74) is 1.97. The Bertz CT molecular complexity index is 778. The number of nitrogens with one attached hydrogen (secondary N) is 2. The highest BCUT2D eigenvalue weighted by Gasteiger charge is 2.18. The number of nitrogens with zero attached hydrogens (tertiary/aromatic N) is 1. The summed E-state index contributed by atoms with van der Waals surface area (Å²) in [6.07, 6.45) is 3.20. The van der Waals surface area contributed by atoms with Crippen molar-refractivity contribution in [3.63, 3.8) is 0 Å². The normalized spacial score (nSPS) is 10.9. The van der Waals surface area contributed by atoms with Gasteiger partial charge in [-0.3, -0.25) is 19.4 Å². The van der Waals surface area contributed by atoms with Gasteiger partial charge < -0.3 is 10.6 Å². The van der Waals surface area contributed by atoms with Crippen molar-refractivity contribution in [2.45, 2.75) is 32.6 Å². The summed E-state index contributed by atoms with van der Waals surface area (Å²) < 4.78 is 0. The molecule has 0 bridgehead atoms. The lowest BCUT2D eigenvalue weighted by molar-refractivity contribution is -0.117. The molecule has 0 atom stereocenters. The Balaban J connectivity index is 1.82. The summed E-state index contributed by atoms with van der Waals surface area (Å²) in [4.78, 5) is 39.8. The molecule has 0 spiro atoms. The standard InChI is InChI=1S/C20H23N3O3/c1-20(2,3)15-8-6-14(7-9-15)18(25)19(26)22-12-10-17(24)23-16-5-4-11-21-13-16/h4-9,11,13H,10,12H2,1-3H3,(H,22,26)(H,23,24). The van der Waals surface area contributed by atoms with Crippen LogP contribution in [-0.2, 0) is 15.0 Å². The van der Waals surface area contributed by atoms with Gasteiger partial charge in [-0.25, -0.2) is 0 Å². The van der Waals surface area contributed by atoms with Gasteiger partial charge in [-0.05, 0) is 23.1 Å². The van der Waals surface area contributed by atoms with Gasteiger partial charge in [0.2, 0.25) is 11.7 Å². The fourth-order valence-electron chi connectivity index (χ4n) is 2.28. The maximum atomic E-state index is 12.2. The maximum Gasteiger partial charge on any atom is 0.292 e. The Morgan fingerprint density at radius 2 is 1.73 bits per heavy atom. The SMILES string of the molecule is CC(C)(C)c1ccc(C(=O)C(=O)NCCC(=O)Nc2cccnc2)cc1. The molecule has 0 unspecified atom stereocenters. The average Bonchev–Trinajstić information content (AvgIpc) is 2.61. The highest BCUT2D eigenvalue weighted by Crippen LogP contribution is 2.22. The molecule has 0 saturated heterocycles. The molecule has 0 aliphatic heterocycles. The number of hydrogen-bond donors (Lipinski definition) is 2. The Labute approximate surface area is 153 Å². The van der Waals surface area contributed by atoms with Crippen LogP contribution < -0.4 is 10.6 Å². The molecule has 1 heterocycles. The Kier molecular flexibility index (Phi) is 6.22. The first-order valence-electron chi connectivity index (χ1n) is 8.40. The van der Waals surface area contributed by atoms with E-state index >= 15 is 0 Å². The van der Waals surface area contributed by atoms with Gasteiger partial charge >= 0.3 is 0 Å². The summed E-state index contributed by atoms with van der Waals surface area (Å²) in [6.45, 7) is 6.31. The lowest BCUT2D eigenvalue weighted by Crippen LogP contribution is -2.33. The first-order chi connectivity index (χ1) is 12.3. The van der Waals surface area contributed by atoms with Crippen molar-refractivity contribution in [3.8, 4) is 0 Å². The largest absolute Gasteiger partial charge is 0.349 e. The number of aromatic nitrogens is 1. The van der Waals surface area contributed by atoms with Crippen molar-refractivity contribution in [2.24, 2.45) is 0 Å². The van der Waals surface area contributed by atoms with E-state index in [9.17, 15) is 14.4 Å². The van der Waals surface area contributed by atoms with Gasteiger partial charge in [0.25, 0.3) is 5.91 Å². The fraction of sp³-hybridized carbons (Fsp3) is 0.300. The number of ketones is 1. The lowest BCUT2D eigenvalue weighted by Gasteiger charge is -2.18. The lowest BCUT2D eigenvalue weighted by atomic mass is 9.86. The summed E-state index contributed by atoms with van der Waals surface area (Å²) in [5, 5.41) is 5.14. The van der Waals surface area contributed by atoms with E-state index in [1.54, 1.807) is 30.5 Å². The van der Waals surface area contributed by atoms with E-state index in [1.807, 2.05) is 12.1 Å². The topological polar surface area (TPSA) is 88.2 Å². The molecular formula is C20H23N3O3. The predicted octanol–water partition coefficient (Wildman–Crippen LogP) is 2.71. The molecule has 1 aromatic heterocycles. The zero-order valence-corrected chi connectivity index (χ0v) is 15.2. The number of pyridine rings is 1. The van der Waals surface area contributed by atoms with E-state index in [-0.39, 0.29) is 24.3 Å². The van der Waals surface area contributed by atoms with Crippen LogP contribution in [-0.4, -0.2) is 29.1 Å². The van der Waals surface area contributed by atoms with Gasteiger partial charge in [0.1, 0.15) is 0 Å². The van der Waals surface area contributed by atoms with Crippen LogP contribution in [0.3, 0.4) is 0 Å². The number of amides is 2. The molecule has 2 N–H and O–H groups in total. The van der Waals surface area contributed by atoms with Crippen molar-refractivity contribution in [1.82, 2.24) is 10.3 Å². The molecule has 0 aliphatic carbocycles. The summed E-state index contributed by atoms with van der Waals surface area (Å²) in [7, 11) is 0. The quantitative estimate of drug-likeness (QED) is 0.617. The molecule has 136 valence electrons. The number of Topliss-reactive ketones (excluding diaryl/α,β-unsaturated/α-hetero) is 1. The van der Waals surface area contributed by atoms with Crippen molar-refractivity contribution < 1.29 is 14.4 Å². The Hall–Kier alpha value is -3.02. The zero-order valence-electron chi connectivity index (χ0n) is 15.2. The Morgan fingerprint density at radius 1 is 1.04 bits per heavy atom. The minimum Gasteiger partial charge on any atom is -0.349 e. The van der Waals surface area contributed by atoms with Crippen LogP contribution in [0, 0.1) is 0 Å². The third-order valence-electron chi connectivity index (χ3n) is 3.80. The first kappa shape index (κ1) is 19.3. The highest BCUT2D eigenvalue weighted by molar-refractivity contribution is 6.42. The smallest absolute Gasteiger partial charge is 0.292 e. The van der Waals surface area contributed by atoms with Crippen LogP contribution in [0.25, 0.3) is 0 Å². The number of anilines is 1. The van der Waals surface area contributed by atoms with Crippen LogP contribution in [0.15, 0.2) is 48.8 Å². The van der Waals surface area contributed by atoms with Crippen LogP contribution in [0.4, 0.5) is 5.69 Å². The van der Waals surface area contributed by atoms with Gasteiger partial charge in [0.05, 0.1) is 11.9 Å². The molecule has 6 nitrogen and oxygen atoms in total. The second kappa shape index (κ2) is 8.38. The molecule has 6 heteroatoms. The average molecular weight is 353 g/mol. The van der Waals surface area contributed by atoms with Crippen LogP contribution in [0.5, 0.6) is 0 Å². The molecular weight excluding hydrogens is 330 g/mol. The van der Waals surface area contributed by atoms with E-state index in [4.69, 9.17) is 0 Å². The molecule has 0 aliphatic rings. The number of hydrogen-bond acceptors (Lipinski definition) is 4. The van der Waals surface area contributed by atoms with E-state index in [0.29, 0.717) is 11.3 Å². The predicted molar refractivity (Wildman–Crippen MR) is 100.0 cm³/mol. The monoisotopic (exact) mass is 353 g/mol. The maximum absolute atomic E-state index is 12.2. The summed E-state index contributed by atoms with van der Waals surface area (Å²) in [6, 6.07) is 10.4. The van der Waals surface area contributed by atoms with Crippen LogP contribution in [0.1, 0.15) is 43.1 Å². The minimum atomic E-state index is -0.720. The summed E-state index contributed by atoms with van der Waals surface area (Å²) in [5.74, 6) is -1.60. The van der Waals surface area contributed by atoms with Gasteiger partial charge in [-0.2, -0.15) is 0 Å². The molecule has 26 heavy (non-hydrogen) atoms. The molecule has 2 aromatic rings. The first-order valence-corrected chi connectivity index (χ1v) is 8.40. The molecule has 0 fully saturated rings. The van der Waals surface area contributed by atoms with Crippen molar-refractivity contribution in [2.75, 3.05) is 11.9 Å². The molecule has 2 amide bonds. The molecule has 1 aromatic carbocycles. The molecule has 0 radical (unpaired) electrons. The van der Waals surface area contributed by atoms with Gasteiger partial charge in [-0.15, -0.1) is 0 Å². The zero-order chi connectivity index (χ0) is 19.2. The van der Waals surface area contributed by atoms with Crippen molar-refractivity contribution >= 4 is 23.3 Å². The Morgan fingerprint density at radius 3 is 2.31 bits per heavy atom. The third kappa shape index (κ3) is 5.51. The van der Waals surface area contributed by atoms with Gasteiger partial charge in [0.15, 0.2) is 0 Å².